The number of hydrogen-bond donors (Lipinski definition) is 1. The van der Waals surface area contributed by atoms with Gasteiger partial charge in [0.05, 0.1) is 40.5 Å². The molecule has 1 saturated carbocycles. The van der Waals surface area contributed by atoms with Gasteiger partial charge in [0, 0.05) is 24.9 Å². The van der Waals surface area contributed by atoms with Gasteiger partial charge in [0.1, 0.15) is 6.04 Å². The van der Waals surface area contributed by atoms with Crippen LogP contribution in [0.15, 0.2) is 55.1 Å². The highest BCUT2D eigenvalue weighted by atomic mass is 19.1. The molecule has 2 aliphatic rings. The third-order valence-corrected chi connectivity index (χ3v) is 6.74. The number of fused-ring (bicyclic) bond motifs is 3. The second-order valence-corrected chi connectivity index (χ2v) is 8.80. The predicted octanol–water partition coefficient (Wildman–Crippen LogP) is 3.51. The van der Waals surface area contributed by atoms with Gasteiger partial charge in [-0.3, -0.25) is 4.79 Å². The number of halogens is 1. The molecule has 5 aromatic heterocycles. The molecule has 1 N–H and O–H groups in total. The van der Waals surface area contributed by atoms with E-state index < -0.39 is 12.0 Å². The first-order valence-electron chi connectivity index (χ1n) is 11.1. The van der Waals surface area contributed by atoms with Crippen molar-refractivity contribution in [3.63, 3.8) is 0 Å². The summed E-state index contributed by atoms with van der Waals surface area (Å²) in [4.78, 5) is 23.3. The molecule has 0 bridgehead atoms. The van der Waals surface area contributed by atoms with Gasteiger partial charge in [0.2, 0.25) is 5.95 Å². The van der Waals surface area contributed by atoms with E-state index in [1.807, 2.05) is 18.3 Å². The normalized spacial score (nSPS) is 18.2. The smallest absolute Gasteiger partial charge is 0.258 e. The Morgan fingerprint density at radius 3 is 2.94 bits per heavy atom. The first kappa shape index (κ1) is 18.6. The zero-order valence-electron chi connectivity index (χ0n) is 17.6. The summed E-state index contributed by atoms with van der Waals surface area (Å²) < 4.78 is 17.4. The number of hydrogen-bond acceptors (Lipinski definition) is 4. The van der Waals surface area contributed by atoms with Gasteiger partial charge in [-0.25, -0.2) is 14.0 Å². The van der Waals surface area contributed by atoms with E-state index in [0.717, 1.165) is 16.9 Å². The van der Waals surface area contributed by atoms with Crippen LogP contribution in [0.3, 0.4) is 0 Å². The summed E-state index contributed by atoms with van der Waals surface area (Å²) in [5.41, 5.74) is 5.49. The number of nitrogens with one attached hydrogen (secondary N) is 1. The zero-order chi connectivity index (χ0) is 22.1. The summed E-state index contributed by atoms with van der Waals surface area (Å²) in [6, 6.07) is 10.2. The van der Waals surface area contributed by atoms with Crippen LogP contribution in [0, 0.1) is 5.95 Å². The highest BCUT2D eigenvalue weighted by Crippen LogP contribution is 2.40. The van der Waals surface area contributed by atoms with Crippen LogP contribution in [0.4, 0.5) is 4.39 Å². The highest BCUT2D eigenvalue weighted by Gasteiger charge is 2.37. The van der Waals surface area contributed by atoms with Crippen molar-refractivity contribution in [1.82, 2.24) is 34.1 Å². The maximum atomic E-state index is 14.3. The van der Waals surface area contributed by atoms with Crippen LogP contribution in [0.25, 0.3) is 11.0 Å². The van der Waals surface area contributed by atoms with E-state index in [-0.39, 0.29) is 5.91 Å². The Bertz CT molecular complexity index is 1540. The molecular formula is C24H20FN7O. The Morgan fingerprint density at radius 1 is 1.18 bits per heavy atom. The minimum absolute atomic E-state index is 0.139. The number of H-pyrrole nitrogens is 1. The topological polar surface area (TPSA) is 83.6 Å². The summed E-state index contributed by atoms with van der Waals surface area (Å²) in [6.45, 7) is 0.493. The molecule has 8 nitrogen and oxygen atoms in total. The monoisotopic (exact) mass is 441 g/mol. The van der Waals surface area contributed by atoms with Gasteiger partial charge in [-0.05, 0) is 48.6 Å². The molecular weight excluding hydrogens is 421 g/mol. The van der Waals surface area contributed by atoms with E-state index in [2.05, 4.69) is 26.2 Å². The maximum absolute atomic E-state index is 14.3. The van der Waals surface area contributed by atoms with Crippen LogP contribution < -0.4 is 0 Å². The summed E-state index contributed by atoms with van der Waals surface area (Å²) in [6.07, 6.45) is 8.36. The van der Waals surface area contributed by atoms with E-state index in [9.17, 15) is 9.18 Å². The van der Waals surface area contributed by atoms with Crippen LogP contribution in [0.5, 0.6) is 0 Å². The number of carbonyl (C=O) groups excluding carboxylic acids is 1. The molecule has 7 rings (SSSR count). The van der Waals surface area contributed by atoms with Crippen molar-refractivity contribution in [2.24, 2.45) is 0 Å². The van der Waals surface area contributed by atoms with Gasteiger partial charge in [-0.1, -0.05) is 12.1 Å². The van der Waals surface area contributed by atoms with Crippen molar-refractivity contribution >= 4 is 16.9 Å². The van der Waals surface area contributed by atoms with Crippen LogP contribution in [-0.4, -0.2) is 46.5 Å². The average Bonchev–Trinajstić information content (AvgIpc) is 3.22. The molecule has 0 saturated heterocycles. The molecule has 1 aliphatic carbocycles. The van der Waals surface area contributed by atoms with Gasteiger partial charge in [-0.2, -0.15) is 14.6 Å². The lowest BCUT2D eigenvalue weighted by Gasteiger charge is -2.33. The van der Waals surface area contributed by atoms with Crippen molar-refractivity contribution in [3.8, 4) is 0 Å². The summed E-state index contributed by atoms with van der Waals surface area (Å²) in [5, 5.41) is 8.96. The van der Waals surface area contributed by atoms with Crippen LogP contribution in [0.2, 0.25) is 0 Å². The molecule has 1 fully saturated rings. The molecule has 5 aromatic rings. The van der Waals surface area contributed by atoms with Crippen molar-refractivity contribution in [3.05, 3.63) is 89.3 Å². The molecule has 164 valence electrons. The number of nitrogens with zero attached hydrogens (tertiary/aromatic N) is 6. The van der Waals surface area contributed by atoms with Crippen molar-refractivity contribution in [1.29, 1.82) is 0 Å². The predicted molar refractivity (Wildman–Crippen MR) is 117 cm³/mol. The molecule has 1 aliphatic heterocycles. The number of carbonyl (C=O) groups is 1. The van der Waals surface area contributed by atoms with Crippen molar-refractivity contribution in [2.45, 2.75) is 31.2 Å². The number of imidazole rings is 1. The fourth-order valence-electron chi connectivity index (χ4n) is 4.91. The number of amides is 1. The number of aromatic nitrogens is 6. The molecule has 0 spiro atoms. The van der Waals surface area contributed by atoms with E-state index in [0.29, 0.717) is 35.7 Å². The number of aromatic amines is 1. The summed E-state index contributed by atoms with van der Waals surface area (Å²) in [5.74, 6) is 0.0156. The highest BCUT2D eigenvalue weighted by molar-refractivity contribution is 6.01. The maximum Gasteiger partial charge on any atom is 0.258 e. The molecule has 33 heavy (non-hydrogen) atoms. The Balaban J connectivity index is 1.33. The molecule has 1 unspecified atom stereocenters. The largest absolute Gasteiger partial charge is 0.348 e. The third kappa shape index (κ3) is 2.81. The minimum Gasteiger partial charge on any atom is -0.348 e. The first-order valence-corrected chi connectivity index (χ1v) is 11.1. The van der Waals surface area contributed by atoms with Crippen LogP contribution in [0.1, 0.15) is 57.8 Å². The number of pyridine rings is 2. The SMILES string of the molecule is O=C(c1cnn2cc(C3CC3)ccc12)N1CCc2[nH]cnc2C1c1cc2cccc(F)n2n1. The fraction of sp³-hybridized carbons (Fsp3) is 0.250. The fourth-order valence-corrected chi connectivity index (χ4v) is 4.91. The molecule has 6 heterocycles. The van der Waals surface area contributed by atoms with Gasteiger partial charge in [0.25, 0.3) is 5.91 Å². The third-order valence-electron chi connectivity index (χ3n) is 6.74. The van der Waals surface area contributed by atoms with Crippen LogP contribution in [-0.2, 0) is 6.42 Å². The number of rotatable bonds is 3. The standard InChI is InChI=1S/C24H20FN7O/c25-21-3-1-2-16-10-19(29-32(16)21)23-22-18(26-13-27-22)8-9-30(23)24(33)17-11-28-31-12-15(14-4-5-14)6-7-20(17)31/h1-3,6-7,10-14,23H,4-5,8-9H2,(H,26,27). The van der Waals surface area contributed by atoms with E-state index >= 15 is 0 Å². The quantitative estimate of drug-likeness (QED) is 0.435. The second-order valence-electron chi connectivity index (χ2n) is 8.80. The average molecular weight is 441 g/mol. The molecule has 0 aromatic carbocycles. The lowest BCUT2D eigenvalue weighted by Crippen LogP contribution is -2.41. The van der Waals surface area contributed by atoms with Crippen molar-refractivity contribution < 1.29 is 9.18 Å². The molecule has 0 radical (unpaired) electrons. The Labute approximate surface area is 187 Å². The van der Waals surface area contributed by atoms with Crippen LogP contribution >= 0.6 is 0 Å². The van der Waals surface area contributed by atoms with Gasteiger partial charge >= 0.3 is 0 Å². The second kappa shape index (κ2) is 6.74. The molecule has 9 heteroatoms. The zero-order valence-corrected chi connectivity index (χ0v) is 17.6. The lowest BCUT2D eigenvalue weighted by molar-refractivity contribution is 0.0689. The van der Waals surface area contributed by atoms with E-state index in [1.165, 1.54) is 29.0 Å². The molecule has 1 atom stereocenters. The minimum atomic E-state index is -0.521. The van der Waals surface area contributed by atoms with Crippen molar-refractivity contribution in [2.75, 3.05) is 6.54 Å². The van der Waals surface area contributed by atoms with E-state index in [1.54, 1.807) is 34.1 Å². The Kier molecular flexibility index (Phi) is 3.79. The summed E-state index contributed by atoms with van der Waals surface area (Å²) in [7, 11) is 0. The lowest BCUT2D eigenvalue weighted by atomic mass is 9.98. The first-order chi connectivity index (χ1) is 16.2. The van der Waals surface area contributed by atoms with Gasteiger partial charge in [0.15, 0.2) is 0 Å². The van der Waals surface area contributed by atoms with Gasteiger partial charge in [-0.15, -0.1) is 0 Å². The Morgan fingerprint density at radius 2 is 2.09 bits per heavy atom. The Hall–Kier alpha value is -4.01. The van der Waals surface area contributed by atoms with E-state index in [4.69, 9.17) is 0 Å². The van der Waals surface area contributed by atoms with Gasteiger partial charge < -0.3 is 9.88 Å². The molecule has 1 amide bonds. The summed E-state index contributed by atoms with van der Waals surface area (Å²) >= 11 is 0.